The van der Waals surface area contributed by atoms with Crippen LogP contribution in [0.2, 0.25) is 5.15 Å². The number of aromatic nitrogens is 2. The maximum atomic E-state index is 11.1. The highest BCUT2D eigenvalue weighted by atomic mass is 35.5. The Morgan fingerprint density at radius 3 is 2.82 bits per heavy atom. The molecule has 2 rings (SSSR count). The third-order valence-corrected chi connectivity index (χ3v) is 2.52. The summed E-state index contributed by atoms with van der Waals surface area (Å²) in [7, 11) is 1.52. The lowest BCUT2D eigenvalue weighted by Gasteiger charge is -2.10. The smallest absolute Gasteiger partial charge is 0.221 e. The SMILES string of the molecule is COc1cc2ncnc(Cl)c2cc1NC(C)=O. The second-order valence-electron chi connectivity index (χ2n) is 3.42. The number of hydrogen-bond acceptors (Lipinski definition) is 4. The molecule has 0 radical (unpaired) electrons. The van der Waals surface area contributed by atoms with Crippen LogP contribution in [0.3, 0.4) is 0 Å². The first-order valence-corrected chi connectivity index (χ1v) is 5.25. The minimum absolute atomic E-state index is 0.185. The van der Waals surface area contributed by atoms with Crippen LogP contribution in [-0.2, 0) is 4.79 Å². The van der Waals surface area contributed by atoms with Crippen molar-refractivity contribution in [3.05, 3.63) is 23.6 Å². The van der Waals surface area contributed by atoms with Crippen LogP contribution in [0.15, 0.2) is 18.5 Å². The lowest BCUT2D eigenvalue weighted by Crippen LogP contribution is -2.07. The molecule has 1 aromatic heterocycles. The first kappa shape index (κ1) is 11.6. The summed E-state index contributed by atoms with van der Waals surface area (Å²) in [6.07, 6.45) is 1.38. The quantitative estimate of drug-likeness (QED) is 0.832. The van der Waals surface area contributed by atoms with Gasteiger partial charge in [-0.2, -0.15) is 0 Å². The monoisotopic (exact) mass is 251 g/mol. The van der Waals surface area contributed by atoms with Gasteiger partial charge in [0.1, 0.15) is 17.2 Å². The van der Waals surface area contributed by atoms with E-state index in [1.807, 2.05) is 0 Å². The zero-order valence-corrected chi connectivity index (χ0v) is 10.1. The van der Waals surface area contributed by atoms with Gasteiger partial charge in [0.05, 0.1) is 18.3 Å². The highest BCUT2D eigenvalue weighted by molar-refractivity contribution is 6.34. The average molecular weight is 252 g/mol. The van der Waals surface area contributed by atoms with Crippen LogP contribution < -0.4 is 10.1 Å². The summed E-state index contributed by atoms with van der Waals surface area (Å²) in [5, 5.41) is 3.67. The molecule has 0 unspecified atom stereocenters. The average Bonchev–Trinajstić information content (AvgIpc) is 2.29. The van der Waals surface area contributed by atoms with Crippen LogP contribution in [0, 0.1) is 0 Å². The molecule has 0 aliphatic heterocycles. The molecule has 1 aromatic carbocycles. The summed E-state index contributed by atoms with van der Waals surface area (Å²) in [5.74, 6) is 0.345. The summed E-state index contributed by atoms with van der Waals surface area (Å²) in [6.45, 7) is 1.42. The van der Waals surface area contributed by atoms with Crippen molar-refractivity contribution in [2.45, 2.75) is 6.92 Å². The van der Waals surface area contributed by atoms with Gasteiger partial charge in [-0.05, 0) is 6.07 Å². The van der Waals surface area contributed by atoms with Crippen LogP contribution in [0.5, 0.6) is 5.75 Å². The van der Waals surface area contributed by atoms with Crippen molar-refractivity contribution < 1.29 is 9.53 Å². The van der Waals surface area contributed by atoms with Gasteiger partial charge in [-0.1, -0.05) is 11.6 Å². The molecule has 0 fully saturated rings. The molecule has 0 saturated carbocycles. The van der Waals surface area contributed by atoms with Crippen molar-refractivity contribution in [2.24, 2.45) is 0 Å². The molecule has 1 N–H and O–H groups in total. The van der Waals surface area contributed by atoms with E-state index in [0.717, 1.165) is 0 Å². The number of ether oxygens (including phenoxy) is 1. The van der Waals surface area contributed by atoms with Gasteiger partial charge in [-0.3, -0.25) is 4.79 Å². The molecule has 1 amide bonds. The fraction of sp³-hybridized carbons (Fsp3) is 0.182. The summed E-state index contributed by atoms with van der Waals surface area (Å²) in [6, 6.07) is 3.39. The normalized spacial score (nSPS) is 10.3. The highest BCUT2D eigenvalue weighted by Gasteiger charge is 2.10. The van der Waals surface area contributed by atoms with Crippen molar-refractivity contribution in [3.63, 3.8) is 0 Å². The molecule has 1 heterocycles. The number of carbonyl (C=O) groups is 1. The van der Waals surface area contributed by atoms with E-state index >= 15 is 0 Å². The van der Waals surface area contributed by atoms with Crippen LogP contribution in [-0.4, -0.2) is 23.0 Å². The first-order valence-electron chi connectivity index (χ1n) is 4.87. The molecule has 6 heteroatoms. The Kier molecular flexibility index (Phi) is 3.10. The Labute approximate surface area is 103 Å². The largest absolute Gasteiger partial charge is 0.494 e. The Balaban J connectivity index is 2.65. The maximum Gasteiger partial charge on any atom is 0.221 e. The van der Waals surface area contributed by atoms with E-state index in [1.165, 1.54) is 20.4 Å². The summed E-state index contributed by atoms with van der Waals surface area (Å²) in [4.78, 5) is 19.0. The number of amides is 1. The van der Waals surface area contributed by atoms with Gasteiger partial charge in [-0.15, -0.1) is 0 Å². The van der Waals surface area contributed by atoms with Crippen molar-refractivity contribution >= 4 is 34.1 Å². The Morgan fingerprint density at radius 2 is 2.18 bits per heavy atom. The van der Waals surface area contributed by atoms with Gasteiger partial charge < -0.3 is 10.1 Å². The molecular formula is C11H10ClN3O2. The molecule has 17 heavy (non-hydrogen) atoms. The molecule has 88 valence electrons. The Bertz CT molecular complexity index is 586. The number of fused-ring (bicyclic) bond motifs is 1. The predicted octanol–water partition coefficient (Wildman–Crippen LogP) is 2.25. The minimum atomic E-state index is -0.185. The number of hydrogen-bond donors (Lipinski definition) is 1. The summed E-state index contributed by atoms with van der Waals surface area (Å²) in [5.41, 5.74) is 1.21. The van der Waals surface area contributed by atoms with Crippen LogP contribution in [0.1, 0.15) is 6.92 Å². The van der Waals surface area contributed by atoms with E-state index in [1.54, 1.807) is 12.1 Å². The molecule has 5 nitrogen and oxygen atoms in total. The first-order chi connectivity index (χ1) is 8.11. The Morgan fingerprint density at radius 1 is 1.41 bits per heavy atom. The van der Waals surface area contributed by atoms with Crippen LogP contribution in [0.25, 0.3) is 10.9 Å². The molecular weight excluding hydrogens is 242 g/mol. The predicted molar refractivity (Wildman–Crippen MR) is 65.4 cm³/mol. The van der Waals surface area contributed by atoms with E-state index in [4.69, 9.17) is 16.3 Å². The molecule has 0 bridgehead atoms. The zero-order chi connectivity index (χ0) is 12.4. The second kappa shape index (κ2) is 4.55. The third-order valence-electron chi connectivity index (χ3n) is 2.22. The van der Waals surface area contributed by atoms with Crippen LogP contribution >= 0.6 is 11.6 Å². The van der Waals surface area contributed by atoms with Crippen molar-refractivity contribution in [2.75, 3.05) is 12.4 Å². The van der Waals surface area contributed by atoms with Crippen molar-refractivity contribution in [1.82, 2.24) is 9.97 Å². The van der Waals surface area contributed by atoms with Gasteiger partial charge in [0.25, 0.3) is 0 Å². The number of nitrogens with zero attached hydrogens (tertiary/aromatic N) is 2. The topological polar surface area (TPSA) is 64.1 Å². The van der Waals surface area contributed by atoms with Gasteiger partial charge >= 0.3 is 0 Å². The molecule has 0 aliphatic carbocycles. The number of rotatable bonds is 2. The molecule has 0 saturated heterocycles. The number of nitrogens with one attached hydrogen (secondary N) is 1. The van der Waals surface area contributed by atoms with Gasteiger partial charge in [0.2, 0.25) is 5.91 Å². The van der Waals surface area contributed by atoms with Gasteiger partial charge in [-0.25, -0.2) is 9.97 Å². The molecule has 0 spiro atoms. The fourth-order valence-electron chi connectivity index (χ4n) is 1.51. The zero-order valence-electron chi connectivity index (χ0n) is 9.32. The van der Waals surface area contributed by atoms with E-state index in [9.17, 15) is 4.79 Å². The van der Waals surface area contributed by atoms with E-state index in [-0.39, 0.29) is 5.91 Å². The second-order valence-corrected chi connectivity index (χ2v) is 3.77. The number of methoxy groups -OCH3 is 1. The standard InChI is InChI=1S/C11H10ClN3O2/c1-6(16)15-9-3-7-8(4-10(9)17-2)13-5-14-11(7)12/h3-5H,1-2H3,(H,15,16). The van der Waals surface area contributed by atoms with Gasteiger partial charge in [0, 0.05) is 18.4 Å². The molecule has 0 atom stereocenters. The lowest BCUT2D eigenvalue weighted by molar-refractivity contribution is -0.114. The van der Waals surface area contributed by atoms with Crippen LogP contribution in [0.4, 0.5) is 5.69 Å². The number of anilines is 1. The number of halogens is 1. The highest BCUT2D eigenvalue weighted by Crippen LogP contribution is 2.31. The molecule has 0 aliphatic rings. The van der Waals surface area contributed by atoms with E-state index < -0.39 is 0 Å². The van der Waals surface area contributed by atoms with E-state index in [2.05, 4.69) is 15.3 Å². The van der Waals surface area contributed by atoms with Crippen molar-refractivity contribution in [3.8, 4) is 5.75 Å². The summed E-state index contributed by atoms with van der Waals surface area (Å²) < 4.78 is 5.18. The lowest BCUT2D eigenvalue weighted by atomic mass is 10.2. The maximum absolute atomic E-state index is 11.1. The summed E-state index contributed by atoms with van der Waals surface area (Å²) >= 11 is 5.96. The van der Waals surface area contributed by atoms with Crippen molar-refractivity contribution in [1.29, 1.82) is 0 Å². The third kappa shape index (κ3) is 2.29. The number of carbonyl (C=O) groups excluding carboxylic acids is 1. The Hall–Kier alpha value is -1.88. The number of benzene rings is 1. The fourth-order valence-corrected chi connectivity index (χ4v) is 1.70. The van der Waals surface area contributed by atoms with E-state index in [0.29, 0.717) is 27.5 Å². The minimum Gasteiger partial charge on any atom is -0.494 e. The molecule has 2 aromatic rings. The van der Waals surface area contributed by atoms with Gasteiger partial charge in [0.15, 0.2) is 0 Å².